The molecular formula is C21H22N4O2. The molecule has 0 atom stereocenters. The van der Waals surface area contributed by atoms with Crippen LogP contribution in [-0.2, 0) is 6.54 Å². The number of hydrogen-bond acceptors (Lipinski definition) is 3. The highest BCUT2D eigenvalue weighted by Crippen LogP contribution is 2.24. The minimum absolute atomic E-state index is 0.182. The van der Waals surface area contributed by atoms with Crippen LogP contribution in [0.5, 0.6) is 0 Å². The molecule has 6 heteroatoms. The Morgan fingerprint density at radius 1 is 1.26 bits per heavy atom. The van der Waals surface area contributed by atoms with Crippen LogP contribution in [0.1, 0.15) is 41.5 Å². The maximum atomic E-state index is 12.9. The molecule has 138 valence electrons. The second kappa shape index (κ2) is 6.79. The number of amides is 1. The lowest BCUT2D eigenvalue weighted by Crippen LogP contribution is -2.17. The van der Waals surface area contributed by atoms with Gasteiger partial charge in [0.25, 0.3) is 5.91 Å². The zero-order chi connectivity index (χ0) is 19.0. The van der Waals surface area contributed by atoms with E-state index in [0.717, 1.165) is 11.1 Å². The number of nitrogens with zero attached hydrogens (tertiary/aromatic N) is 3. The van der Waals surface area contributed by atoms with E-state index in [0.29, 0.717) is 23.5 Å². The summed E-state index contributed by atoms with van der Waals surface area (Å²) < 4.78 is 9.33. The second-order valence-electron chi connectivity index (χ2n) is 6.97. The lowest BCUT2D eigenvalue weighted by Gasteiger charge is -2.12. The van der Waals surface area contributed by atoms with Crippen molar-refractivity contribution in [3.63, 3.8) is 0 Å². The van der Waals surface area contributed by atoms with Crippen LogP contribution in [0, 0.1) is 6.92 Å². The van der Waals surface area contributed by atoms with Gasteiger partial charge in [0.15, 0.2) is 5.58 Å². The van der Waals surface area contributed by atoms with Crippen LogP contribution < -0.4 is 5.32 Å². The Balaban J connectivity index is 1.67. The molecule has 0 bridgehead atoms. The van der Waals surface area contributed by atoms with Gasteiger partial charge in [-0.25, -0.2) is 0 Å². The quantitative estimate of drug-likeness (QED) is 0.563. The lowest BCUT2D eigenvalue weighted by molar-refractivity contribution is 0.101. The number of anilines is 1. The Kier molecular flexibility index (Phi) is 4.32. The zero-order valence-electron chi connectivity index (χ0n) is 15.6. The third-order valence-electron chi connectivity index (χ3n) is 4.73. The molecule has 0 saturated carbocycles. The molecule has 6 nitrogen and oxygen atoms in total. The Morgan fingerprint density at radius 3 is 2.81 bits per heavy atom. The van der Waals surface area contributed by atoms with E-state index >= 15 is 0 Å². The van der Waals surface area contributed by atoms with Crippen molar-refractivity contribution in [1.82, 2.24) is 14.3 Å². The highest BCUT2D eigenvalue weighted by molar-refractivity contribution is 6.05. The summed E-state index contributed by atoms with van der Waals surface area (Å²) in [6, 6.07) is 12.1. The van der Waals surface area contributed by atoms with E-state index in [9.17, 15) is 4.79 Å². The van der Waals surface area contributed by atoms with Gasteiger partial charge < -0.3 is 14.3 Å². The Hall–Kier alpha value is -3.28. The van der Waals surface area contributed by atoms with E-state index < -0.39 is 0 Å². The molecule has 0 aliphatic heterocycles. The van der Waals surface area contributed by atoms with Crippen molar-refractivity contribution in [2.45, 2.75) is 33.4 Å². The van der Waals surface area contributed by atoms with Gasteiger partial charge in [-0.15, -0.1) is 0 Å². The average Bonchev–Trinajstić information content (AvgIpc) is 3.34. The summed E-state index contributed by atoms with van der Waals surface area (Å²) in [5.41, 5.74) is 5.19. The number of fused-ring (bicyclic) bond motifs is 1. The topological polar surface area (TPSA) is 65.0 Å². The van der Waals surface area contributed by atoms with Crippen molar-refractivity contribution < 1.29 is 9.21 Å². The fourth-order valence-corrected chi connectivity index (χ4v) is 3.17. The summed E-state index contributed by atoms with van der Waals surface area (Å²) in [6.07, 6.45) is 5.14. The van der Waals surface area contributed by atoms with Crippen LogP contribution in [0.15, 0.2) is 59.5 Å². The average molecular weight is 362 g/mol. The highest BCUT2D eigenvalue weighted by Gasteiger charge is 2.19. The molecule has 0 aliphatic carbocycles. The Morgan fingerprint density at radius 2 is 2.07 bits per heavy atom. The van der Waals surface area contributed by atoms with Crippen molar-refractivity contribution in [3.05, 3.63) is 71.9 Å². The Bertz CT molecular complexity index is 1100. The zero-order valence-corrected chi connectivity index (χ0v) is 15.6. The minimum atomic E-state index is -0.182. The summed E-state index contributed by atoms with van der Waals surface area (Å²) in [6.45, 7) is 6.76. The first kappa shape index (κ1) is 17.1. The molecule has 4 aromatic rings. The van der Waals surface area contributed by atoms with Crippen LogP contribution in [0.25, 0.3) is 11.1 Å². The van der Waals surface area contributed by atoms with Gasteiger partial charge >= 0.3 is 0 Å². The van der Waals surface area contributed by atoms with E-state index in [1.54, 1.807) is 18.5 Å². The van der Waals surface area contributed by atoms with Gasteiger partial charge in [-0.2, -0.15) is 5.10 Å². The number of hydrogen-bond donors (Lipinski definition) is 1. The van der Waals surface area contributed by atoms with Crippen LogP contribution >= 0.6 is 0 Å². The molecule has 0 aliphatic rings. The number of benzene rings is 1. The van der Waals surface area contributed by atoms with Gasteiger partial charge in [0.2, 0.25) is 0 Å². The summed E-state index contributed by atoms with van der Waals surface area (Å²) in [7, 11) is 0. The number of carbonyl (C=O) groups is 1. The molecule has 3 heterocycles. The first-order chi connectivity index (χ1) is 13.0. The Labute approximate surface area is 157 Å². The first-order valence-corrected chi connectivity index (χ1v) is 8.99. The largest absolute Gasteiger partial charge is 0.463 e. The standard InChI is InChI=1S/C21H22N4O2/c1-14(2)25-13-17(11-22-25)23-21(26)19-10-20-18(8-9-27-20)24(19)12-16-7-5-4-6-15(16)3/h4-11,13-14H,12H2,1-3H3,(H,23,26). The maximum absolute atomic E-state index is 12.9. The number of aromatic nitrogens is 3. The van der Waals surface area contributed by atoms with Crippen molar-refractivity contribution in [2.75, 3.05) is 5.32 Å². The molecule has 0 saturated heterocycles. The van der Waals surface area contributed by atoms with Crippen LogP contribution in [0.2, 0.25) is 0 Å². The number of aryl methyl sites for hydroxylation is 1. The summed E-state index contributed by atoms with van der Waals surface area (Å²) >= 11 is 0. The van der Waals surface area contributed by atoms with Gasteiger partial charge in [-0.1, -0.05) is 24.3 Å². The van der Waals surface area contributed by atoms with Crippen LogP contribution in [0.3, 0.4) is 0 Å². The van der Waals surface area contributed by atoms with E-state index in [1.165, 1.54) is 5.56 Å². The second-order valence-corrected chi connectivity index (χ2v) is 6.97. The van der Waals surface area contributed by atoms with E-state index in [4.69, 9.17) is 4.42 Å². The van der Waals surface area contributed by atoms with Gasteiger partial charge in [0.05, 0.1) is 23.7 Å². The third-order valence-corrected chi connectivity index (χ3v) is 4.73. The van der Waals surface area contributed by atoms with Crippen molar-refractivity contribution in [3.8, 4) is 0 Å². The van der Waals surface area contributed by atoms with Gasteiger partial charge in [0, 0.05) is 30.9 Å². The third kappa shape index (κ3) is 3.26. The summed E-state index contributed by atoms with van der Waals surface area (Å²) in [5, 5.41) is 7.21. The number of rotatable bonds is 5. The van der Waals surface area contributed by atoms with Gasteiger partial charge in [-0.3, -0.25) is 9.48 Å². The molecule has 0 spiro atoms. The first-order valence-electron chi connectivity index (χ1n) is 8.99. The fraction of sp³-hybridized carbons (Fsp3) is 0.238. The van der Waals surface area contributed by atoms with Crippen LogP contribution in [-0.4, -0.2) is 20.3 Å². The van der Waals surface area contributed by atoms with Crippen molar-refractivity contribution in [2.24, 2.45) is 0 Å². The predicted molar refractivity (Wildman–Crippen MR) is 105 cm³/mol. The van der Waals surface area contributed by atoms with Gasteiger partial charge in [-0.05, 0) is 31.9 Å². The number of carbonyl (C=O) groups excluding carboxylic acids is 1. The van der Waals surface area contributed by atoms with Gasteiger partial charge in [0.1, 0.15) is 5.69 Å². The molecule has 27 heavy (non-hydrogen) atoms. The predicted octanol–water partition coefficient (Wildman–Crippen LogP) is 4.62. The maximum Gasteiger partial charge on any atom is 0.272 e. The van der Waals surface area contributed by atoms with Crippen molar-refractivity contribution >= 4 is 22.7 Å². The lowest BCUT2D eigenvalue weighted by atomic mass is 10.1. The summed E-state index contributed by atoms with van der Waals surface area (Å²) in [4.78, 5) is 12.9. The molecule has 1 aromatic carbocycles. The fourth-order valence-electron chi connectivity index (χ4n) is 3.17. The SMILES string of the molecule is Cc1ccccc1Cn1c(C(=O)Nc2cnn(C(C)C)c2)cc2occc21. The van der Waals surface area contributed by atoms with E-state index in [-0.39, 0.29) is 11.9 Å². The molecule has 0 radical (unpaired) electrons. The normalized spacial score (nSPS) is 11.4. The van der Waals surface area contributed by atoms with E-state index in [2.05, 4.69) is 29.5 Å². The molecule has 0 unspecified atom stereocenters. The molecule has 3 aromatic heterocycles. The monoisotopic (exact) mass is 362 g/mol. The molecular weight excluding hydrogens is 340 g/mol. The summed E-state index contributed by atoms with van der Waals surface area (Å²) in [5.74, 6) is -0.182. The number of nitrogens with one attached hydrogen (secondary N) is 1. The minimum Gasteiger partial charge on any atom is -0.463 e. The smallest absolute Gasteiger partial charge is 0.272 e. The molecule has 1 N–H and O–H groups in total. The van der Waals surface area contributed by atoms with Crippen molar-refractivity contribution in [1.29, 1.82) is 0 Å². The molecule has 1 amide bonds. The molecule has 0 fully saturated rings. The van der Waals surface area contributed by atoms with Crippen LogP contribution in [0.4, 0.5) is 5.69 Å². The molecule has 4 rings (SSSR count). The highest BCUT2D eigenvalue weighted by atomic mass is 16.3. The van der Waals surface area contributed by atoms with E-state index in [1.807, 2.05) is 47.5 Å². The number of furan rings is 1.